The summed E-state index contributed by atoms with van der Waals surface area (Å²) in [6.07, 6.45) is -4.26. The predicted molar refractivity (Wildman–Crippen MR) is 59.2 cm³/mol. The van der Waals surface area contributed by atoms with Gasteiger partial charge in [0.05, 0.1) is 13.2 Å². The molecule has 1 heterocycles. The van der Waals surface area contributed by atoms with Gasteiger partial charge in [-0.2, -0.15) is 0 Å². The number of aliphatic hydroxyl groups excluding tert-OH is 4. The van der Waals surface area contributed by atoms with Crippen molar-refractivity contribution in [3.63, 3.8) is 0 Å². The quantitative estimate of drug-likeness (QED) is 0.465. The highest BCUT2D eigenvalue weighted by Crippen LogP contribution is 2.21. The summed E-state index contributed by atoms with van der Waals surface area (Å²) in [4.78, 5) is 0. The van der Waals surface area contributed by atoms with Crippen LogP contribution in [-0.4, -0.2) is 64.3 Å². The molecule has 6 nitrogen and oxygen atoms in total. The minimum atomic E-state index is -1.39. The van der Waals surface area contributed by atoms with E-state index in [1.165, 1.54) is 0 Å². The van der Waals surface area contributed by atoms with E-state index in [0.717, 1.165) is 5.57 Å². The van der Waals surface area contributed by atoms with Gasteiger partial charge in [-0.05, 0) is 13.8 Å². The van der Waals surface area contributed by atoms with Gasteiger partial charge in [-0.15, -0.1) is 0 Å². The third-order valence-corrected chi connectivity index (χ3v) is 2.60. The van der Waals surface area contributed by atoms with Crippen molar-refractivity contribution in [3.05, 3.63) is 11.6 Å². The van der Waals surface area contributed by atoms with Crippen LogP contribution in [0.1, 0.15) is 13.8 Å². The van der Waals surface area contributed by atoms with Crippen LogP contribution >= 0.6 is 0 Å². The molecule has 0 saturated carbocycles. The lowest BCUT2D eigenvalue weighted by Crippen LogP contribution is -2.59. The molecule has 0 amide bonds. The Labute approximate surface area is 100 Å². The summed E-state index contributed by atoms with van der Waals surface area (Å²) in [5.74, 6) is 0. The van der Waals surface area contributed by atoms with Crippen LogP contribution in [0.3, 0.4) is 0 Å². The van der Waals surface area contributed by atoms with Gasteiger partial charge in [-0.1, -0.05) is 11.6 Å². The van der Waals surface area contributed by atoms with Crippen LogP contribution in [0.5, 0.6) is 0 Å². The van der Waals surface area contributed by atoms with Crippen molar-refractivity contribution in [2.24, 2.45) is 0 Å². The van der Waals surface area contributed by atoms with Gasteiger partial charge in [0.2, 0.25) is 0 Å². The first-order valence-corrected chi connectivity index (χ1v) is 5.53. The summed E-state index contributed by atoms with van der Waals surface area (Å²) in [7, 11) is 0. The molecule has 5 atom stereocenters. The van der Waals surface area contributed by atoms with Crippen LogP contribution in [0.4, 0.5) is 0 Å². The predicted octanol–water partition coefficient (Wildman–Crippen LogP) is -1.23. The highest BCUT2D eigenvalue weighted by atomic mass is 16.7. The molecular formula is C11H20O6. The molecule has 1 fully saturated rings. The summed E-state index contributed by atoms with van der Waals surface area (Å²) < 4.78 is 10.4. The monoisotopic (exact) mass is 248 g/mol. The lowest BCUT2D eigenvalue weighted by Gasteiger charge is -2.39. The van der Waals surface area contributed by atoms with Crippen LogP contribution in [0, 0.1) is 0 Å². The Kier molecular flexibility index (Phi) is 5.51. The molecule has 100 valence electrons. The fourth-order valence-corrected chi connectivity index (χ4v) is 1.51. The van der Waals surface area contributed by atoms with E-state index in [-0.39, 0.29) is 6.61 Å². The molecule has 1 aliphatic rings. The maximum absolute atomic E-state index is 9.62. The summed E-state index contributed by atoms with van der Waals surface area (Å²) in [6, 6.07) is 0. The van der Waals surface area contributed by atoms with E-state index in [1.54, 1.807) is 6.08 Å². The molecule has 0 aromatic carbocycles. The van der Waals surface area contributed by atoms with E-state index in [9.17, 15) is 15.3 Å². The number of allylic oxidation sites excluding steroid dienone is 1. The number of hydrogen-bond donors (Lipinski definition) is 4. The van der Waals surface area contributed by atoms with Crippen molar-refractivity contribution in [1.82, 2.24) is 0 Å². The van der Waals surface area contributed by atoms with E-state index < -0.39 is 37.3 Å². The summed E-state index contributed by atoms with van der Waals surface area (Å²) >= 11 is 0. The highest BCUT2D eigenvalue weighted by molar-refractivity contribution is 4.94. The molecule has 17 heavy (non-hydrogen) atoms. The first-order chi connectivity index (χ1) is 7.97. The summed E-state index contributed by atoms with van der Waals surface area (Å²) in [6.45, 7) is 3.58. The van der Waals surface area contributed by atoms with Gasteiger partial charge in [0.25, 0.3) is 0 Å². The van der Waals surface area contributed by atoms with E-state index in [2.05, 4.69) is 0 Å². The minimum absolute atomic E-state index is 0.227. The number of hydrogen-bond acceptors (Lipinski definition) is 6. The van der Waals surface area contributed by atoms with Gasteiger partial charge in [-0.25, -0.2) is 0 Å². The molecule has 0 aromatic heterocycles. The lowest BCUT2D eigenvalue weighted by molar-refractivity contribution is -0.298. The second kappa shape index (κ2) is 6.44. The van der Waals surface area contributed by atoms with Gasteiger partial charge in [0.1, 0.15) is 24.4 Å². The lowest BCUT2D eigenvalue weighted by atomic mass is 9.99. The minimum Gasteiger partial charge on any atom is -0.394 e. The molecule has 0 spiro atoms. The number of ether oxygens (including phenoxy) is 2. The van der Waals surface area contributed by atoms with Crippen molar-refractivity contribution in [1.29, 1.82) is 0 Å². The topological polar surface area (TPSA) is 99.4 Å². The van der Waals surface area contributed by atoms with Crippen LogP contribution in [0.25, 0.3) is 0 Å². The highest BCUT2D eigenvalue weighted by Gasteiger charge is 2.43. The Balaban J connectivity index is 2.56. The second-order valence-corrected chi connectivity index (χ2v) is 4.31. The van der Waals surface area contributed by atoms with Crippen LogP contribution in [-0.2, 0) is 9.47 Å². The Hall–Kier alpha value is -0.500. The van der Waals surface area contributed by atoms with E-state index in [4.69, 9.17) is 14.6 Å². The first-order valence-electron chi connectivity index (χ1n) is 5.53. The van der Waals surface area contributed by atoms with Crippen molar-refractivity contribution >= 4 is 0 Å². The maximum atomic E-state index is 9.62. The van der Waals surface area contributed by atoms with E-state index >= 15 is 0 Å². The summed E-state index contributed by atoms with van der Waals surface area (Å²) in [5, 5.41) is 37.6. The third-order valence-electron chi connectivity index (χ3n) is 2.60. The van der Waals surface area contributed by atoms with Gasteiger partial charge < -0.3 is 29.9 Å². The molecule has 4 N–H and O–H groups in total. The van der Waals surface area contributed by atoms with E-state index in [0.29, 0.717) is 0 Å². The van der Waals surface area contributed by atoms with Crippen molar-refractivity contribution in [2.45, 2.75) is 44.6 Å². The zero-order valence-corrected chi connectivity index (χ0v) is 9.98. The fourth-order valence-electron chi connectivity index (χ4n) is 1.51. The maximum Gasteiger partial charge on any atom is 0.187 e. The Morgan fingerprint density at radius 3 is 2.35 bits per heavy atom. The summed E-state index contributed by atoms with van der Waals surface area (Å²) in [5.41, 5.74) is 1.05. The largest absolute Gasteiger partial charge is 0.394 e. The molecule has 1 rings (SSSR count). The van der Waals surface area contributed by atoms with Gasteiger partial charge in [-0.3, -0.25) is 0 Å². The van der Waals surface area contributed by atoms with Crippen molar-refractivity contribution in [2.75, 3.05) is 13.2 Å². The molecule has 0 aliphatic carbocycles. The number of rotatable bonds is 4. The SMILES string of the molecule is CC(C)=CCOC1OC(CO)C(O)C(O)C1O. The van der Waals surface area contributed by atoms with Gasteiger partial charge in [0, 0.05) is 0 Å². The normalized spacial score (nSPS) is 37.9. The standard InChI is InChI=1S/C11H20O6/c1-6(2)3-4-16-11-10(15)9(14)8(13)7(5-12)17-11/h3,7-15H,4-5H2,1-2H3. The smallest absolute Gasteiger partial charge is 0.187 e. The van der Waals surface area contributed by atoms with Gasteiger partial charge >= 0.3 is 0 Å². The molecule has 5 unspecified atom stereocenters. The van der Waals surface area contributed by atoms with Crippen molar-refractivity contribution in [3.8, 4) is 0 Å². The second-order valence-electron chi connectivity index (χ2n) is 4.31. The molecule has 1 aliphatic heterocycles. The molecule has 0 bridgehead atoms. The Morgan fingerprint density at radius 1 is 1.18 bits per heavy atom. The third kappa shape index (κ3) is 3.74. The molecular weight excluding hydrogens is 228 g/mol. The van der Waals surface area contributed by atoms with E-state index in [1.807, 2.05) is 13.8 Å². The zero-order chi connectivity index (χ0) is 13.0. The Bertz CT molecular complexity index is 261. The zero-order valence-electron chi connectivity index (χ0n) is 9.98. The average molecular weight is 248 g/mol. The first kappa shape index (κ1) is 14.6. The van der Waals surface area contributed by atoms with Gasteiger partial charge in [0.15, 0.2) is 6.29 Å². The van der Waals surface area contributed by atoms with Crippen LogP contribution in [0.15, 0.2) is 11.6 Å². The molecule has 1 saturated heterocycles. The number of aliphatic hydroxyl groups is 4. The van der Waals surface area contributed by atoms with Crippen LogP contribution in [0.2, 0.25) is 0 Å². The fraction of sp³-hybridized carbons (Fsp3) is 0.818. The molecule has 0 aromatic rings. The van der Waals surface area contributed by atoms with Crippen molar-refractivity contribution < 1.29 is 29.9 Å². The molecule has 0 radical (unpaired) electrons. The molecule has 6 heteroatoms. The average Bonchev–Trinajstić information content (AvgIpc) is 2.29. The van der Waals surface area contributed by atoms with Crippen LogP contribution < -0.4 is 0 Å². The Morgan fingerprint density at radius 2 is 1.82 bits per heavy atom.